The fourth-order valence-corrected chi connectivity index (χ4v) is 2.45. The minimum atomic E-state index is -0.684. The topological polar surface area (TPSA) is 52.6 Å². The lowest BCUT2D eigenvalue weighted by atomic mass is 10.1. The van der Waals surface area contributed by atoms with Crippen molar-refractivity contribution in [2.24, 2.45) is 0 Å². The average Bonchev–Trinajstić information content (AvgIpc) is 2.72. The zero-order chi connectivity index (χ0) is 18.2. The van der Waals surface area contributed by atoms with Crippen molar-refractivity contribution < 1.29 is 19.1 Å². The third kappa shape index (κ3) is 4.57. The molecule has 26 heavy (non-hydrogen) atoms. The van der Waals surface area contributed by atoms with E-state index in [9.17, 15) is 9.59 Å². The van der Waals surface area contributed by atoms with Gasteiger partial charge in [-0.2, -0.15) is 0 Å². The van der Waals surface area contributed by atoms with Gasteiger partial charge in [0, 0.05) is 0 Å². The number of carbonyl (C=O) groups is 2. The van der Waals surface area contributed by atoms with Crippen molar-refractivity contribution in [2.75, 3.05) is 6.61 Å². The van der Waals surface area contributed by atoms with Crippen LogP contribution in [0.25, 0.3) is 0 Å². The van der Waals surface area contributed by atoms with Crippen molar-refractivity contribution in [3.8, 4) is 0 Å². The molecule has 0 aliphatic carbocycles. The van der Waals surface area contributed by atoms with E-state index in [1.807, 2.05) is 42.5 Å². The average molecular weight is 346 g/mol. The van der Waals surface area contributed by atoms with Crippen molar-refractivity contribution >= 4 is 11.9 Å². The van der Waals surface area contributed by atoms with Gasteiger partial charge in [-0.15, -0.1) is 0 Å². The van der Waals surface area contributed by atoms with Gasteiger partial charge in [0.2, 0.25) is 0 Å². The van der Waals surface area contributed by atoms with E-state index in [-0.39, 0.29) is 6.61 Å². The van der Waals surface area contributed by atoms with Crippen LogP contribution in [0.2, 0.25) is 0 Å². The summed E-state index contributed by atoms with van der Waals surface area (Å²) in [5.74, 6) is -0.919. The van der Waals surface area contributed by atoms with Crippen LogP contribution in [0.15, 0.2) is 91.0 Å². The zero-order valence-corrected chi connectivity index (χ0v) is 14.1. The summed E-state index contributed by atoms with van der Waals surface area (Å²) < 4.78 is 11.0. The number of ether oxygens (including phenoxy) is 2. The summed E-state index contributed by atoms with van der Waals surface area (Å²) in [6.45, 7) is -0.0592. The number of hydrogen-bond acceptors (Lipinski definition) is 4. The van der Waals surface area contributed by atoms with Gasteiger partial charge in [0.25, 0.3) is 0 Å². The third-order valence-electron chi connectivity index (χ3n) is 3.81. The number of esters is 2. The zero-order valence-electron chi connectivity index (χ0n) is 14.1. The molecule has 0 amide bonds. The van der Waals surface area contributed by atoms with Crippen LogP contribution in [0, 0.1) is 0 Å². The van der Waals surface area contributed by atoms with Crippen LogP contribution in [0.3, 0.4) is 0 Å². The van der Waals surface area contributed by atoms with E-state index in [0.717, 1.165) is 5.56 Å². The number of hydrogen-bond donors (Lipinski definition) is 0. The van der Waals surface area contributed by atoms with Crippen LogP contribution in [0.5, 0.6) is 0 Å². The van der Waals surface area contributed by atoms with Gasteiger partial charge >= 0.3 is 11.9 Å². The minimum absolute atomic E-state index is 0.0592. The molecule has 3 rings (SSSR count). The number of rotatable bonds is 6. The van der Waals surface area contributed by atoms with Crippen LogP contribution in [-0.4, -0.2) is 18.5 Å². The second-order valence-corrected chi connectivity index (χ2v) is 5.64. The molecule has 1 unspecified atom stereocenters. The molecule has 0 aliphatic rings. The Morgan fingerprint density at radius 3 is 1.65 bits per heavy atom. The van der Waals surface area contributed by atoms with E-state index in [4.69, 9.17) is 9.47 Å². The molecule has 0 aromatic heterocycles. The van der Waals surface area contributed by atoms with E-state index in [2.05, 4.69) is 0 Å². The first kappa shape index (κ1) is 17.4. The lowest BCUT2D eigenvalue weighted by molar-refractivity contribution is -0.00133. The largest absolute Gasteiger partial charge is 0.458 e. The highest BCUT2D eigenvalue weighted by molar-refractivity contribution is 5.90. The normalized spacial score (nSPS) is 11.4. The van der Waals surface area contributed by atoms with Crippen molar-refractivity contribution in [3.63, 3.8) is 0 Å². The molecular formula is C22H18O4. The predicted molar refractivity (Wildman–Crippen MR) is 97.8 cm³/mol. The lowest BCUT2D eigenvalue weighted by Gasteiger charge is -2.18. The number of benzene rings is 3. The molecule has 3 aromatic carbocycles. The maximum atomic E-state index is 12.4. The molecule has 0 heterocycles. The maximum absolute atomic E-state index is 12.4. The minimum Gasteiger partial charge on any atom is -0.458 e. The summed E-state index contributed by atoms with van der Waals surface area (Å²) in [6.07, 6.45) is -0.684. The summed E-state index contributed by atoms with van der Waals surface area (Å²) >= 11 is 0. The van der Waals surface area contributed by atoms with Gasteiger partial charge in [-0.3, -0.25) is 0 Å². The second kappa shape index (κ2) is 8.62. The Balaban J connectivity index is 1.72. The lowest BCUT2D eigenvalue weighted by Crippen LogP contribution is -2.19. The molecule has 1 atom stereocenters. The van der Waals surface area contributed by atoms with Crippen LogP contribution < -0.4 is 0 Å². The van der Waals surface area contributed by atoms with Crippen LogP contribution in [0.1, 0.15) is 32.4 Å². The fraction of sp³-hybridized carbons (Fsp3) is 0.0909. The van der Waals surface area contributed by atoms with E-state index < -0.39 is 18.0 Å². The van der Waals surface area contributed by atoms with E-state index in [1.54, 1.807) is 48.5 Å². The van der Waals surface area contributed by atoms with E-state index >= 15 is 0 Å². The standard InChI is InChI=1S/C22H18O4/c23-21(18-12-6-2-7-13-18)25-16-20(17-10-4-1-5-11-17)26-22(24)19-14-8-3-9-15-19/h1-15,20H,16H2. The first-order valence-corrected chi connectivity index (χ1v) is 8.27. The Kier molecular flexibility index (Phi) is 5.78. The van der Waals surface area contributed by atoms with Crippen molar-refractivity contribution in [1.82, 2.24) is 0 Å². The molecule has 0 fully saturated rings. The molecule has 0 saturated heterocycles. The first-order chi connectivity index (χ1) is 12.7. The molecule has 3 aromatic rings. The highest BCUT2D eigenvalue weighted by atomic mass is 16.6. The van der Waals surface area contributed by atoms with Gasteiger partial charge in [0.1, 0.15) is 6.61 Å². The summed E-state index contributed by atoms with van der Waals surface area (Å²) in [7, 11) is 0. The van der Waals surface area contributed by atoms with Crippen LogP contribution >= 0.6 is 0 Å². The van der Waals surface area contributed by atoms with Gasteiger partial charge in [-0.1, -0.05) is 66.7 Å². The van der Waals surface area contributed by atoms with E-state index in [0.29, 0.717) is 11.1 Å². The molecule has 0 saturated carbocycles. The van der Waals surface area contributed by atoms with Gasteiger partial charge < -0.3 is 9.47 Å². The van der Waals surface area contributed by atoms with Gasteiger partial charge in [-0.05, 0) is 29.8 Å². The Morgan fingerprint density at radius 2 is 1.12 bits per heavy atom. The molecule has 0 spiro atoms. The highest BCUT2D eigenvalue weighted by Gasteiger charge is 2.20. The molecular weight excluding hydrogens is 328 g/mol. The van der Waals surface area contributed by atoms with Gasteiger partial charge in [0.15, 0.2) is 6.10 Å². The molecule has 0 aliphatic heterocycles. The first-order valence-electron chi connectivity index (χ1n) is 8.27. The van der Waals surface area contributed by atoms with Crippen LogP contribution in [-0.2, 0) is 9.47 Å². The Labute approximate surface area is 152 Å². The SMILES string of the molecule is O=C(OCC(OC(=O)c1ccccc1)c1ccccc1)c1ccccc1. The quantitative estimate of drug-likeness (QED) is 0.619. The highest BCUT2D eigenvalue weighted by Crippen LogP contribution is 2.20. The van der Waals surface area contributed by atoms with Crippen molar-refractivity contribution in [1.29, 1.82) is 0 Å². The molecule has 4 heteroatoms. The van der Waals surface area contributed by atoms with Crippen molar-refractivity contribution in [2.45, 2.75) is 6.10 Å². The fourth-order valence-electron chi connectivity index (χ4n) is 2.45. The summed E-state index contributed by atoms with van der Waals surface area (Å²) in [4.78, 5) is 24.6. The van der Waals surface area contributed by atoms with Gasteiger partial charge in [0.05, 0.1) is 11.1 Å². The molecule has 4 nitrogen and oxygen atoms in total. The maximum Gasteiger partial charge on any atom is 0.338 e. The predicted octanol–water partition coefficient (Wildman–Crippen LogP) is 4.44. The van der Waals surface area contributed by atoms with E-state index in [1.165, 1.54) is 0 Å². The summed E-state index contributed by atoms with van der Waals surface area (Å²) in [5, 5.41) is 0. The Hall–Kier alpha value is -3.40. The Bertz CT molecular complexity index is 845. The number of carbonyl (C=O) groups excluding carboxylic acids is 2. The molecule has 130 valence electrons. The third-order valence-corrected chi connectivity index (χ3v) is 3.81. The second-order valence-electron chi connectivity index (χ2n) is 5.64. The smallest absolute Gasteiger partial charge is 0.338 e. The molecule has 0 radical (unpaired) electrons. The summed E-state index contributed by atoms with van der Waals surface area (Å²) in [6, 6.07) is 26.7. The van der Waals surface area contributed by atoms with Crippen molar-refractivity contribution in [3.05, 3.63) is 108 Å². The summed E-state index contributed by atoms with van der Waals surface area (Å²) in [5.41, 5.74) is 1.66. The monoisotopic (exact) mass is 346 g/mol. The molecule has 0 bridgehead atoms. The molecule has 0 N–H and O–H groups in total. The van der Waals surface area contributed by atoms with Crippen LogP contribution in [0.4, 0.5) is 0 Å². The Morgan fingerprint density at radius 1 is 0.654 bits per heavy atom. The van der Waals surface area contributed by atoms with Gasteiger partial charge in [-0.25, -0.2) is 9.59 Å².